The molecule has 11 rings (SSSR count). The first kappa shape index (κ1) is 28.0. The van der Waals surface area contributed by atoms with Crippen LogP contribution in [0.1, 0.15) is 0 Å². The molecule has 51 heavy (non-hydrogen) atoms. The molecule has 0 bridgehead atoms. The van der Waals surface area contributed by atoms with Crippen LogP contribution in [-0.4, -0.2) is 15.0 Å². The molecule has 0 N–H and O–H groups in total. The number of nitrogens with zero attached hydrogens (tertiary/aromatic N) is 3. The fourth-order valence-corrected chi connectivity index (χ4v) is 7.85. The van der Waals surface area contributed by atoms with E-state index in [0.29, 0.717) is 17.5 Å². The Labute approximate surface area is 293 Å². The maximum atomic E-state index is 6.59. The third-order valence-corrected chi connectivity index (χ3v) is 10.2. The number of rotatable bonds is 4. The summed E-state index contributed by atoms with van der Waals surface area (Å²) in [6.45, 7) is 0. The van der Waals surface area contributed by atoms with Gasteiger partial charge in [-0.25, -0.2) is 15.0 Å². The molecule has 0 radical (unpaired) electrons. The largest absolute Gasteiger partial charge is 0.456 e. The quantitative estimate of drug-likeness (QED) is 0.190. The van der Waals surface area contributed by atoms with Crippen molar-refractivity contribution in [1.29, 1.82) is 0 Å². The highest BCUT2D eigenvalue weighted by Gasteiger charge is 2.23. The summed E-state index contributed by atoms with van der Waals surface area (Å²) < 4.78 is 6.59. The molecule has 2 aromatic heterocycles. The molecule has 4 nitrogen and oxygen atoms in total. The Morgan fingerprint density at radius 3 is 1.84 bits per heavy atom. The number of hydrogen-bond acceptors (Lipinski definition) is 4. The second kappa shape index (κ2) is 10.8. The molecule has 0 spiro atoms. The number of aromatic nitrogens is 3. The van der Waals surface area contributed by atoms with Gasteiger partial charge in [0.15, 0.2) is 17.5 Å². The van der Waals surface area contributed by atoms with Gasteiger partial charge in [-0.05, 0) is 91.3 Å². The van der Waals surface area contributed by atoms with Crippen LogP contribution in [0.3, 0.4) is 0 Å². The third kappa shape index (κ3) is 4.37. The molecule has 4 heteroatoms. The van der Waals surface area contributed by atoms with E-state index in [1.54, 1.807) is 0 Å². The Morgan fingerprint density at radius 1 is 0.314 bits per heavy atom. The molecule has 0 unspecified atom stereocenters. The van der Waals surface area contributed by atoms with Crippen molar-refractivity contribution in [2.75, 3.05) is 0 Å². The van der Waals surface area contributed by atoms with Gasteiger partial charge in [0.2, 0.25) is 0 Å². The molecule has 0 saturated heterocycles. The second-order valence-corrected chi connectivity index (χ2v) is 13.2. The second-order valence-electron chi connectivity index (χ2n) is 13.2. The van der Waals surface area contributed by atoms with E-state index < -0.39 is 0 Å². The minimum absolute atomic E-state index is 0.608. The molecule has 0 aliphatic heterocycles. The number of fused-ring (bicyclic) bond motifs is 7. The topological polar surface area (TPSA) is 51.8 Å². The zero-order valence-corrected chi connectivity index (χ0v) is 27.3. The molecule has 0 amide bonds. The molecule has 0 atom stereocenters. The predicted molar refractivity (Wildman–Crippen MR) is 208 cm³/mol. The minimum atomic E-state index is 0.608. The van der Waals surface area contributed by atoms with Crippen LogP contribution < -0.4 is 0 Å². The Bertz CT molecular complexity index is 3030. The molecule has 2 heterocycles. The van der Waals surface area contributed by atoms with E-state index in [0.717, 1.165) is 49.6 Å². The molecule has 0 saturated carbocycles. The van der Waals surface area contributed by atoms with Crippen molar-refractivity contribution in [3.05, 3.63) is 164 Å². The highest BCUT2D eigenvalue weighted by Crippen LogP contribution is 2.49. The normalized spacial score (nSPS) is 11.9. The van der Waals surface area contributed by atoms with Crippen LogP contribution in [-0.2, 0) is 0 Å². The molecular weight excluding hydrogens is 623 g/mol. The van der Waals surface area contributed by atoms with Crippen LogP contribution in [0.4, 0.5) is 0 Å². The maximum Gasteiger partial charge on any atom is 0.164 e. The lowest BCUT2D eigenvalue weighted by atomic mass is 9.95. The van der Waals surface area contributed by atoms with Crippen LogP contribution in [0.15, 0.2) is 168 Å². The standard InChI is InChI=1S/C47H27N3O/c1-2-11-29(12-3-1)45-48-46(33-21-20-28-10-4-5-13-30(28)24-33)50-47(49-45)39-18-9-19-41-44(39)38-23-22-31(27-42(38)51-41)34-25-32-14-8-17-37-35-15-6-7-16-36(35)40(26-34)43(32)37/h1-27H. The summed E-state index contributed by atoms with van der Waals surface area (Å²) in [5.74, 6) is 1.87. The van der Waals surface area contributed by atoms with Crippen LogP contribution in [0.25, 0.3) is 111 Å². The first-order chi connectivity index (χ1) is 25.2. The molecule has 0 fully saturated rings. The van der Waals surface area contributed by atoms with Gasteiger partial charge in [-0.15, -0.1) is 0 Å². The van der Waals surface area contributed by atoms with Crippen LogP contribution in [0, 0.1) is 0 Å². The van der Waals surface area contributed by atoms with Crippen molar-refractivity contribution in [2.24, 2.45) is 0 Å². The zero-order chi connectivity index (χ0) is 33.5. The fraction of sp³-hybridized carbons (Fsp3) is 0. The van der Waals surface area contributed by atoms with E-state index in [2.05, 4.69) is 121 Å². The summed E-state index contributed by atoms with van der Waals surface area (Å²) in [5.41, 5.74) is 11.9. The first-order valence-electron chi connectivity index (χ1n) is 17.2. The number of benzene rings is 8. The van der Waals surface area contributed by atoms with Crippen molar-refractivity contribution < 1.29 is 4.42 Å². The number of hydrogen-bond donors (Lipinski definition) is 0. The molecule has 1 aliphatic carbocycles. The highest BCUT2D eigenvalue weighted by molar-refractivity contribution is 6.17. The van der Waals surface area contributed by atoms with E-state index >= 15 is 0 Å². The van der Waals surface area contributed by atoms with Crippen molar-refractivity contribution in [3.8, 4) is 67.5 Å². The van der Waals surface area contributed by atoms with Gasteiger partial charge in [-0.1, -0.05) is 127 Å². The zero-order valence-electron chi connectivity index (χ0n) is 27.3. The average molecular weight is 650 g/mol. The fourth-order valence-electron chi connectivity index (χ4n) is 7.85. The molecule has 8 aromatic carbocycles. The van der Waals surface area contributed by atoms with Gasteiger partial charge in [0.25, 0.3) is 0 Å². The van der Waals surface area contributed by atoms with Gasteiger partial charge in [0.1, 0.15) is 11.2 Å². The molecule has 1 aliphatic rings. The van der Waals surface area contributed by atoms with Crippen molar-refractivity contribution in [1.82, 2.24) is 15.0 Å². The number of furan rings is 1. The summed E-state index contributed by atoms with van der Waals surface area (Å²) in [4.78, 5) is 15.2. The van der Waals surface area contributed by atoms with Crippen LogP contribution in [0.2, 0.25) is 0 Å². The predicted octanol–water partition coefficient (Wildman–Crippen LogP) is 12.4. The summed E-state index contributed by atoms with van der Waals surface area (Å²) in [7, 11) is 0. The molecule has 10 aromatic rings. The van der Waals surface area contributed by atoms with Crippen molar-refractivity contribution in [2.45, 2.75) is 0 Å². The average Bonchev–Trinajstić information content (AvgIpc) is 3.74. The van der Waals surface area contributed by atoms with E-state index in [-0.39, 0.29) is 0 Å². The molecule has 236 valence electrons. The Balaban J connectivity index is 1.08. The first-order valence-corrected chi connectivity index (χ1v) is 17.2. The summed E-state index contributed by atoms with van der Waals surface area (Å²) in [5, 5.41) is 6.90. The SMILES string of the molecule is c1ccc(-c2nc(-c3ccc4ccccc4c3)nc(-c3cccc4oc5cc(-c6cc7c8c(cccc8c6)-c6ccccc6-7)ccc5c34)n2)cc1. The van der Waals surface area contributed by atoms with E-state index in [4.69, 9.17) is 19.4 Å². The van der Waals surface area contributed by atoms with Crippen molar-refractivity contribution >= 4 is 43.5 Å². The highest BCUT2D eigenvalue weighted by atomic mass is 16.3. The lowest BCUT2D eigenvalue weighted by Gasteiger charge is -2.10. The van der Waals surface area contributed by atoms with Gasteiger partial charge in [-0.2, -0.15) is 0 Å². The van der Waals surface area contributed by atoms with Crippen LogP contribution in [0.5, 0.6) is 0 Å². The van der Waals surface area contributed by atoms with Crippen LogP contribution >= 0.6 is 0 Å². The minimum Gasteiger partial charge on any atom is -0.456 e. The molecular formula is C47H27N3O. The van der Waals surface area contributed by atoms with Crippen molar-refractivity contribution in [3.63, 3.8) is 0 Å². The van der Waals surface area contributed by atoms with E-state index in [9.17, 15) is 0 Å². The van der Waals surface area contributed by atoms with Gasteiger partial charge in [0.05, 0.1) is 0 Å². The van der Waals surface area contributed by atoms with Gasteiger partial charge in [-0.3, -0.25) is 0 Å². The smallest absolute Gasteiger partial charge is 0.164 e. The Kier molecular flexibility index (Phi) is 5.92. The summed E-state index contributed by atoms with van der Waals surface area (Å²) in [6, 6.07) is 57.4. The Morgan fingerprint density at radius 2 is 0.961 bits per heavy atom. The van der Waals surface area contributed by atoms with E-state index in [1.165, 1.54) is 44.0 Å². The van der Waals surface area contributed by atoms with Gasteiger partial charge < -0.3 is 4.42 Å². The lowest BCUT2D eigenvalue weighted by Crippen LogP contribution is -2.00. The maximum absolute atomic E-state index is 6.59. The summed E-state index contributed by atoms with van der Waals surface area (Å²) in [6.07, 6.45) is 0. The van der Waals surface area contributed by atoms with E-state index in [1.807, 2.05) is 42.5 Å². The Hall–Kier alpha value is -6.91. The van der Waals surface area contributed by atoms with Gasteiger partial charge in [0, 0.05) is 27.5 Å². The monoisotopic (exact) mass is 649 g/mol. The lowest BCUT2D eigenvalue weighted by molar-refractivity contribution is 0.669. The van der Waals surface area contributed by atoms with Gasteiger partial charge >= 0.3 is 0 Å². The third-order valence-electron chi connectivity index (χ3n) is 10.2. The summed E-state index contributed by atoms with van der Waals surface area (Å²) >= 11 is 0.